The summed E-state index contributed by atoms with van der Waals surface area (Å²) in [5, 5.41) is 7.86. The van der Waals surface area contributed by atoms with Crippen molar-refractivity contribution in [1.29, 1.82) is 0 Å². The first-order chi connectivity index (χ1) is 15.7. The van der Waals surface area contributed by atoms with Gasteiger partial charge in [-0.2, -0.15) is 0 Å². The van der Waals surface area contributed by atoms with Crippen LogP contribution in [0.25, 0.3) is 0 Å². The molecule has 2 amide bonds. The van der Waals surface area contributed by atoms with Crippen molar-refractivity contribution in [1.82, 2.24) is 4.90 Å². The minimum Gasteiger partial charge on any atom is -0.454 e. The monoisotopic (exact) mass is 449 g/mol. The quantitative estimate of drug-likeness (QED) is 0.579. The zero-order chi connectivity index (χ0) is 21.9. The smallest absolute Gasteiger partial charge is 0.257 e. The molecule has 0 aliphatic carbocycles. The molecule has 2 N–H and O–H groups in total. The summed E-state index contributed by atoms with van der Waals surface area (Å²) < 4.78 is 10.7. The third kappa shape index (κ3) is 4.32. The number of hydrogen-bond acceptors (Lipinski definition) is 6. The van der Waals surface area contributed by atoms with Crippen LogP contribution in [0.1, 0.15) is 34.1 Å². The molecular weight excluding hydrogens is 426 g/mol. The second-order valence-electron chi connectivity index (χ2n) is 7.76. The zero-order valence-electron chi connectivity index (χ0n) is 17.4. The van der Waals surface area contributed by atoms with Crippen molar-refractivity contribution < 1.29 is 19.1 Å². The van der Waals surface area contributed by atoms with Gasteiger partial charge in [0.05, 0.1) is 17.8 Å². The highest BCUT2D eigenvalue weighted by molar-refractivity contribution is 7.10. The van der Waals surface area contributed by atoms with E-state index in [4.69, 9.17) is 9.47 Å². The van der Waals surface area contributed by atoms with Crippen LogP contribution >= 0.6 is 11.3 Å². The van der Waals surface area contributed by atoms with Gasteiger partial charge in [-0.05, 0) is 55.1 Å². The first kappa shape index (κ1) is 20.5. The van der Waals surface area contributed by atoms with Gasteiger partial charge in [0.2, 0.25) is 12.7 Å². The van der Waals surface area contributed by atoms with Crippen molar-refractivity contribution in [2.24, 2.45) is 0 Å². The highest BCUT2D eigenvalue weighted by atomic mass is 32.1. The maximum Gasteiger partial charge on any atom is 0.257 e. The molecule has 3 aromatic rings. The predicted octanol–water partition coefficient (Wildman–Crippen LogP) is 4.50. The van der Waals surface area contributed by atoms with E-state index in [2.05, 4.69) is 27.0 Å². The van der Waals surface area contributed by atoms with E-state index in [0.717, 1.165) is 19.4 Å². The molecule has 1 fully saturated rings. The van der Waals surface area contributed by atoms with Gasteiger partial charge in [0, 0.05) is 22.7 Å². The Bertz CT molecular complexity index is 1130. The molecule has 0 bridgehead atoms. The van der Waals surface area contributed by atoms with Gasteiger partial charge in [-0.15, -0.1) is 11.3 Å². The highest BCUT2D eigenvalue weighted by Gasteiger charge is 2.28. The summed E-state index contributed by atoms with van der Waals surface area (Å²) in [5.41, 5.74) is 1.48. The van der Waals surface area contributed by atoms with Crippen LogP contribution < -0.4 is 20.1 Å². The number of carbonyl (C=O) groups is 2. The van der Waals surface area contributed by atoms with Crippen molar-refractivity contribution in [3.63, 3.8) is 0 Å². The van der Waals surface area contributed by atoms with Crippen LogP contribution in [0.15, 0.2) is 60.0 Å². The van der Waals surface area contributed by atoms with Gasteiger partial charge in [0.15, 0.2) is 11.5 Å². The number of para-hydroxylation sites is 1. The summed E-state index contributed by atoms with van der Waals surface area (Å²) in [6, 6.07) is 16.7. The van der Waals surface area contributed by atoms with Crippen molar-refractivity contribution in [3.8, 4) is 11.5 Å². The molecule has 164 valence electrons. The number of fused-ring (bicyclic) bond motifs is 1. The van der Waals surface area contributed by atoms with Crippen LogP contribution in [0.4, 0.5) is 11.4 Å². The molecule has 3 heterocycles. The minimum absolute atomic E-state index is 0.128. The van der Waals surface area contributed by atoms with Crippen LogP contribution in [-0.4, -0.2) is 36.6 Å². The predicted molar refractivity (Wildman–Crippen MR) is 123 cm³/mol. The Hall–Kier alpha value is -3.36. The normalized spacial score (nSPS) is 17.3. The van der Waals surface area contributed by atoms with Gasteiger partial charge in [-0.1, -0.05) is 18.2 Å². The lowest BCUT2D eigenvalue weighted by molar-refractivity contribution is -0.117. The number of hydrogen-bond donors (Lipinski definition) is 2. The summed E-state index contributed by atoms with van der Waals surface area (Å²) >= 11 is 1.73. The molecular formula is C24H23N3O4S. The molecule has 0 saturated carbocycles. The number of thiophene rings is 1. The first-order valence-electron chi connectivity index (χ1n) is 10.5. The van der Waals surface area contributed by atoms with Crippen LogP contribution in [0, 0.1) is 0 Å². The first-order valence-corrected chi connectivity index (χ1v) is 11.4. The van der Waals surface area contributed by atoms with Gasteiger partial charge in [0.1, 0.15) is 0 Å². The molecule has 5 rings (SSSR count). The summed E-state index contributed by atoms with van der Waals surface area (Å²) in [4.78, 5) is 29.3. The third-order valence-electron chi connectivity index (χ3n) is 5.66. The molecule has 1 unspecified atom stereocenters. The number of carbonyl (C=O) groups excluding carboxylic acids is 2. The average Bonchev–Trinajstić information content (AvgIpc) is 3.55. The Morgan fingerprint density at radius 1 is 1.03 bits per heavy atom. The van der Waals surface area contributed by atoms with E-state index < -0.39 is 0 Å². The maximum absolute atomic E-state index is 12.9. The van der Waals surface area contributed by atoms with Crippen LogP contribution in [0.3, 0.4) is 0 Å². The van der Waals surface area contributed by atoms with Gasteiger partial charge < -0.3 is 20.1 Å². The van der Waals surface area contributed by atoms with E-state index in [1.54, 1.807) is 53.8 Å². The van der Waals surface area contributed by atoms with Crippen molar-refractivity contribution in [3.05, 3.63) is 70.4 Å². The molecule has 1 saturated heterocycles. The lowest BCUT2D eigenvalue weighted by Gasteiger charge is -2.23. The number of nitrogens with one attached hydrogen (secondary N) is 2. The largest absolute Gasteiger partial charge is 0.454 e. The Morgan fingerprint density at radius 2 is 1.91 bits per heavy atom. The Morgan fingerprint density at radius 3 is 2.78 bits per heavy atom. The zero-order valence-corrected chi connectivity index (χ0v) is 18.2. The number of benzene rings is 2. The topological polar surface area (TPSA) is 79.9 Å². The van der Waals surface area contributed by atoms with E-state index in [0.29, 0.717) is 35.0 Å². The highest BCUT2D eigenvalue weighted by Crippen LogP contribution is 2.35. The van der Waals surface area contributed by atoms with Gasteiger partial charge in [-0.25, -0.2) is 0 Å². The Balaban J connectivity index is 1.26. The number of anilines is 2. The summed E-state index contributed by atoms with van der Waals surface area (Å²) in [6.45, 7) is 1.36. The summed E-state index contributed by atoms with van der Waals surface area (Å²) in [6.07, 6.45) is 2.13. The fourth-order valence-electron chi connectivity index (χ4n) is 4.16. The molecule has 2 aliphatic heterocycles. The number of nitrogens with zero attached hydrogens (tertiary/aromatic N) is 1. The lowest BCUT2D eigenvalue weighted by Crippen LogP contribution is -2.33. The molecule has 0 radical (unpaired) electrons. The maximum atomic E-state index is 12.9. The van der Waals surface area contributed by atoms with Crippen molar-refractivity contribution in [2.45, 2.75) is 18.9 Å². The fraction of sp³-hybridized carbons (Fsp3) is 0.250. The van der Waals surface area contributed by atoms with E-state index in [9.17, 15) is 9.59 Å². The summed E-state index contributed by atoms with van der Waals surface area (Å²) in [5.74, 6) is 0.808. The molecule has 7 nitrogen and oxygen atoms in total. The third-order valence-corrected chi connectivity index (χ3v) is 6.63. The lowest BCUT2D eigenvalue weighted by atomic mass is 10.1. The van der Waals surface area contributed by atoms with E-state index in [1.807, 2.05) is 6.07 Å². The number of ether oxygens (including phenoxy) is 2. The van der Waals surface area contributed by atoms with Crippen LogP contribution in [0.2, 0.25) is 0 Å². The molecule has 32 heavy (non-hydrogen) atoms. The van der Waals surface area contributed by atoms with Gasteiger partial charge in [-0.3, -0.25) is 14.5 Å². The number of amides is 2. The van der Waals surface area contributed by atoms with E-state index in [-0.39, 0.29) is 24.6 Å². The van der Waals surface area contributed by atoms with E-state index >= 15 is 0 Å². The fourth-order valence-corrected chi connectivity index (χ4v) is 5.05. The molecule has 8 heteroatoms. The second-order valence-corrected chi connectivity index (χ2v) is 8.74. The SMILES string of the molecule is O=C(CN1CCCC1c1cccs1)Nc1ccccc1C(=O)Nc1ccc2c(c1)OCO2. The van der Waals surface area contributed by atoms with Gasteiger partial charge >= 0.3 is 0 Å². The minimum atomic E-state index is -0.308. The Labute approximate surface area is 190 Å². The number of likely N-dealkylation sites (tertiary alicyclic amines) is 1. The van der Waals surface area contributed by atoms with Crippen molar-refractivity contribution >= 4 is 34.5 Å². The van der Waals surface area contributed by atoms with Crippen molar-refractivity contribution in [2.75, 3.05) is 30.5 Å². The number of rotatable bonds is 6. The van der Waals surface area contributed by atoms with Gasteiger partial charge in [0.25, 0.3) is 5.91 Å². The molecule has 1 atom stereocenters. The molecule has 1 aromatic heterocycles. The molecule has 2 aliphatic rings. The van der Waals surface area contributed by atoms with Crippen LogP contribution in [-0.2, 0) is 4.79 Å². The molecule has 2 aromatic carbocycles. The molecule has 0 spiro atoms. The van der Waals surface area contributed by atoms with Crippen LogP contribution in [0.5, 0.6) is 11.5 Å². The summed E-state index contributed by atoms with van der Waals surface area (Å²) in [7, 11) is 0. The second kappa shape index (κ2) is 9.02. The average molecular weight is 450 g/mol. The standard InChI is InChI=1S/C24H23N3O4S/c28-23(14-27-11-3-7-19(27)22-8-4-12-32-22)26-18-6-2-1-5-17(18)24(29)25-16-9-10-20-21(13-16)31-15-30-20/h1-2,4-6,8-10,12-13,19H,3,7,11,14-15H2,(H,25,29)(H,26,28). The van der Waals surface area contributed by atoms with E-state index in [1.165, 1.54) is 4.88 Å². The Kier molecular flexibility index (Phi) is 5.79.